The maximum absolute atomic E-state index is 5.87. The minimum absolute atomic E-state index is 0.209. The van der Waals surface area contributed by atoms with Crippen molar-refractivity contribution in [3.63, 3.8) is 0 Å². The molecule has 0 aliphatic heterocycles. The fourth-order valence-electron chi connectivity index (χ4n) is 4.40. The van der Waals surface area contributed by atoms with Gasteiger partial charge in [-0.1, -0.05) is 70.3 Å². The van der Waals surface area contributed by atoms with Crippen LogP contribution < -0.4 is 20.1 Å². The number of hydrogen-bond acceptors (Lipinski definition) is 3. The molecule has 3 nitrogen and oxygen atoms in total. The van der Waals surface area contributed by atoms with E-state index in [1.807, 2.05) is 0 Å². The molecule has 1 aliphatic rings. The summed E-state index contributed by atoms with van der Waals surface area (Å²) in [7, 11) is 6.90. The predicted molar refractivity (Wildman–Crippen MR) is 143 cm³/mol. The number of benzene rings is 2. The van der Waals surface area contributed by atoms with Crippen molar-refractivity contribution < 1.29 is 9.47 Å². The first-order valence-electron chi connectivity index (χ1n) is 11.4. The molecule has 0 N–H and O–H groups in total. The Morgan fingerprint density at radius 1 is 0.875 bits per heavy atom. The summed E-state index contributed by atoms with van der Waals surface area (Å²) in [5.41, 5.74) is 0. The molecule has 0 amide bonds. The Balaban J connectivity index is 2.32. The van der Waals surface area contributed by atoms with Crippen LogP contribution in [0.1, 0.15) is 20.8 Å². The molecule has 1 unspecified atom stereocenters. The van der Waals surface area contributed by atoms with Gasteiger partial charge in [0.15, 0.2) is 0 Å². The highest BCUT2D eigenvalue weighted by atomic mass is 31.1. The number of rotatable bonds is 10. The lowest BCUT2D eigenvalue weighted by atomic mass is 10.0. The van der Waals surface area contributed by atoms with Gasteiger partial charge in [0.1, 0.15) is 11.5 Å². The molecule has 5 heteroatoms. The molecule has 2 aromatic rings. The number of nitrogens with zero attached hydrogens (tertiary/aromatic N) is 1. The molecule has 32 heavy (non-hydrogen) atoms. The topological polar surface area (TPSA) is 21.7 Å². The van der Waals surface area contributed by atoms with Crippen LogP contribution in [0, 0.1) is 5.92 Å². The standard InChI is InChI=1S/C27H37NO2P2/c1-8-31(9-2)27-21(20(3)28(4)5)18-19-26(27)32(24-16-12-10-14-22(24)29-6)25-17-13-11-15-23(25)30-7/h10-21H,8-9H2,1-7H3/t20-,21?/m1/s1. The van der Waals surface area contributed by atoms with Crippen molar-refractivity contribution in [2.75, 3.05) is 40.6 Å². The van der Waals surface area contributed by atoms with Gasteiger partial charge < -0.3 is 14.4 Å². The first kappa shape index (κ1) is 25.0. The van der Waals surface area contributed by atoms with E-state index in [4.69, 9.17) is 9.47 Å². The highest BCUT2D eigenvalue weighted by Gasteiger charge is 2.36. The molecule has 0 bridgehead atoms. The second kappa shape index (κ2) is 11.5. The zero-order valence-electron chi connectivity index (χ0n) is 20.5. The Morgan fingerprint density at radius 3 is 1.81 bits per heavy atom. The van der Waals surface area contributed by atoms with Gasteiger partial charge in [0.2, 0.25) is 0 Å². The van der Waals surface area contributed by atoms with Crippen LogP contribution in [-0.2, 0) is 0 Å². The first-order chi connectivity index (χ1) is 15.5. The van der Waals surface area contributed by atoms with E-state index in [1.54, 1.807) is 19.5 Å². The molecule has 3 rings (SSSR count). The Hall–Kier alpha value is -1.66. The fraction of sp³-hybridized carbons (Fsp3) is 0.407. The van der Waals surface area contributed by atoms with Gasteiger partial charge in [0.25, 0.3) is 0 Å². The molecular formula is C27H37NO2P2. The number of allylic oxidation sites excluding steroid dienone is 2. The summed E-state index contributed by atoms with van der Waals surface area (Å²) in [5, 5.41) is 5.66. The lowest BCUT2D eigenvalue weighted by Gasteiger charge is -2.33. The van der Waals surface area contributed by atoms with Crippen molar-refractivity contribution >= 4 is 26.5 Å². The summed E-state index contributed by atoms with van der Waals surface area (Å²) in [4.78, 5) is 2.35. The second-order valence-corrected chi connectivity index (χ2v) is 13.2. The van der Waals surface area contributed by atoms with Crippen LogP contribution in [0.3, 0.4) is 0 Å². The minimum Gasteiger partial charge on any atom is -0.496 e. The second-order valence-electron chi connectivity index (χ2n) is 8.21. The molecular weight excluding hydrogens is 432 g/mol. The molecule has 0 saturated heterocycles. The van der Waals surface area contributed by atoms with Gasteiger partial charge in [0, 0.05) is 22.6 Å². The SMILES string of the molecule is CCP(CC)C1=C(P(c2ccccc2OC)c2ccccc2OC)C=CC1[C@@H](C)N(C)C. The van der Waals surface area contributed by atoms with Crippen LogP contribution in [-0.4, -0.2) is 51.6 Å². The monoisotopic (exact) mass is 469 g/mol. The lowest BCUT2D eigenvalue weighted by Crippen LogP contribution is -2.32. The van der Waals surface area contributed by atoms with Crippen LogP contribution in [0.4, 0.5) is 0 Å². The summed E-state index contributed by atoms with van der Waals surface area (Å²) < 4.78 is 11.7. The Kier molecular flexibility index (Phi) is 8.95. The van der Waals surface area contributed by atoms with Crippen molar-refractivity contribution in [1.82, 2.24) is 4.90 Å². The summed E-state index contributed by atoms with van der Waals surface area (Å²) in [5.74, 6) is 2.35. The number of para-hydroxylation sites is 2. The Bertz CT molecular complexity index is 918. The van der Waals surface area contributed by atoms with Gasteiger partial charge in [-0.2, -0.15) is 0 Å². The summed E-state index contributed by atoms with van der Waals surface area (Å²) >= 11 is 0. The molecule has 0 spiro atoms. The third-order valence-electron chi connectivity index (χ3n) is 6.37. The maximum Gasteiger partial charge on any atom is 0.127 e. The van der Waals surface area contributed by atoms with E-state index >= 15 is 0 Å². The largest absolute Gasteiger partial charge is 0.496 e. The molecule has 0 saturated carbocycles. The van der Waals surface area contributed by atoms with Crippen molar-refractivity contribution in [1.29, 1.82) is 0 Å². The normalized spacial score (nSPS) is 17.0. The number of methoxy groups -OCH3 is 2. The highest BCUT2D eigenvalue weighted by Crippen LogP contribution is 2.61. The average molecular weight is 470 g/mol. The number of hydrogen-bond donors (Lipinski definition) is 0. The van der Waals surface area contributed by atoms with Gasteiger partial charge >= 0.3 is 0 Å². The summed E-state index contributed by atoms with van der Waals surface area (Å²) in [6.45, 7) is 7.05. The molecule has 2 atom stereocenters. The van der Waals surface area contributed by atoms with Gasteiger partial charge in [-0.05, 0) is 64.0 Å². The smallest absolute Gasteiger partial charge is 0.127 e. The minimum atomic E-state index is -0.819. The quantitative estimate of drug-likeness (QED) is 0.398. The van der Waals surface area contributed by atoms with Crippen LogP contribution in [0.2, 0.25) is 0 Å². The molecule has 1 aliphatic carbocycles. The molecule has 0 fully saturated rings. The van der Waals surface area contributed by atoms with E-state index in [9.17, 15) is 0 Å². The van der Waals surface area contributed by atoms with Crippen LogP contribution >= 0.6 is 15.8 Å². The van der Waals surface area contributed by atoms with Crippen LogP contribution in [0.5, 0.6) is 11.5 Å². The van der Waals surface area contributed by atoms with E-state index < -0.39 is 7.92 Å². The van der Waals surface area contributed by atoms with Gasteiger partial charge in [-0.3, -0.25) is 0 Å². The Morgan fingerprint density at radius 2 is 1.38 bits per heavy atom. The van der Waals surface area contributed by atoms with E-state index in [0.29, 0.717) is 12.0 Å². The molecule has 2 aromatic carbocycles. The summed E-state index contributed by atoms with van der Waals surface area (Å²) in [6.07, 6.45) is 7.30. The highest BCUT2D eigenvalue weighted by molar-refractivity contribution is 7.78. The van der Waals surface area contributed by atoms with Crippen LogP contribution in [0.25, 0.3) is 0 Å². The lowest BCUT2D eigenvalue weighted by molar-refractivity contribution is 0.280. The maximum atomic E-state index is 5.87. The number of ether oxygens (including phenoxy) is 2. The van der Waals surface area contributed by atoms with Crippen molar-refractivity contribution in [2.45, 2.75) is 26.8 Å². The zero-order valence-corrected chi connectivity index (χ0v) is 22.3. The van der Waals surface area contributed by atoms with E-state index in [1.165, 1.54) is 28.2 Å². The van der Waals surface area contributed by atoms with E-state index in [-0.39, 0.29) is 7.92 Å². The first-order valence-corrected chi connectivity index (χ1v) is 14.4. The van der Waals surface area contributed by atoms with Gasteiger partial charge in [-0.25, -0.2) is 0 Å². The third-order valence-corrected chi connectivity index (χ3v) is 11.9. The van der Waals surface area contributed by atoms with Gasteiger partial charge in [0.05, 0.1) is 14.2 Å². The zero-order chi connectivity index (χ0) is 23.3. The molecule has 172 valence electrons. The average Bonchev–Trinajstić information content (AvgIpc) is 3.24. The van der Waals surface area contributed by atoms with E-state index in [0.717, 1.165) is 11.5 Å². The van der Waals surface area contributed by atoms with Crippen molar-refractivity contribution in [3.05, 3.63) is 71.3 Å². The Labute approximate surface area is 197 Å². The van der Waals surface area contributed by atoms with E-state index in [2.05, 4.69) is 100 Å². The molecule has 0 heterocycles. The third kappa shape index (κ3) is 4.96. The summed E-state index contributed by atoms with van der Waals surface area (Å²) in [6, 6.07) is 17.5. The van der Waals surface area contributed by atoms with Gasteiger partial charge in [-0.15, -0.1) is 0 Å². The van der Waals surface area contributed by atoms with Crippen molar-refractivity contribution in [2.24, 2.45) is 5.92 Å². The molecule has 0 radical (unpaired) electrons. The predicted octanol–water partition coefficient (Wildman–Crippen LogP) is 6.01. The van der Waals surface area contributed by atoms with Crippen molar-refractivity contribution in [3.8, 4) is 11.5 Å². The molecule has 0 aromatic heterocycles. The fourth-order valence-corrected chi connectivity index (χ4v) is 10.0. The van der Waals surface area contributed by atoms with Crippen LogP contribution in [0.15, 0.2) is 71.3 Å².